The summed E-state index contributed by atoms with van der Waals surface area (Å²) in [6, 6.07) is 0. The van der Waals surface area contributed by atoms with Crippen LogP contribution < -0.4 is 5.32 Å². The molecule has 3 nitrogen and oxygen atoms in total. The zero-order valence-electron chi connectivity index (χ0n) is 11.3. The van der Waals surface area contributed by atoms with Crippen molar-refractivity contribution in [1.29, 1.82) is 0 Å². The molecule has 0 spiro atoms. The molecule has 0 aliphatic carbocycles. The third-order valence-corrected chi connectivity index (χ3v) is 4.73. The molecular weight excluding hydrogens is 262 g/mol. The summed E-state index contributed by atoms with van der Waals surface area (Å²) in [5.74, 6) is 0. The van der Waals surface area contributed by atoms with Gasteiger partial charge in [-0.2, -0.15) is 0 Å². The average Bonchev–Trinajstić information content (AvgIpc) is 2.87. The van der Waals surface area contributed by atoms with Crippen molar-refractivity contribution in [2.45, 2.75) is 46.2 Å². The van der Waals surface area contributed by atoms with Crippen LogP contribution >= 0.6 is 22.7 Å². The van der Waals surface area contributed by atoms with Crippen LogP contribution in [-0.4, -0.2) is 9.97 Å². The average molecular weight is 281 g/mol. The first kappa shape index (κ1) is 13.6. The highest BCUT2D eigenvalue weighted by atomic mass is 32.1. The highest BCUT2D eigenvalue weighted by Crippen LogP contribution is 2.25. The van der Waals surface area contributed by atoms with Crippen LogP contribution in [0.25, 0.3) is 0 Å². The van der Waals surface area contributed by atoms with Gasteiger partial charge >= 0.3 is 0 Å². The third kappa shape index (κ3) is 3.60. The van der Waals surface area contributed by atoms with Crippen molar-refractivity contribution in [2.24, 2.45) is 0 Å². The molecular formula is C13H19N3S2. The van der Waals surface area contributed by atoms with Crippen LogP contribution in [-0.2, 0) is 18.5 Å². The minimum Gasteiger partial charge on any atom is -0.305 e. The van der Waals surface area contributed by atoms with Gasteiger partial charge in [-0.15, -0.1) is 22.7 Å². The number of thiazole rings is 2. The fourth-order valence-corrected chi connectivity index (χ4v) is 3.16. The minimum atomic E-state index is 0.148. The summed E-state index contributed by atoms with van der Waals surface area (Å²) >= 11 is 3.45. The Morgan fingerprint density at radius 2 is 1.89 bits per heavy atom. The summed E-state index contributed by atoms with van der Waals surface area (Å²) in [7, 11) is 0. The Morgan fingerprint density at radius 3 is 2.44 bits per heavy atom. The number of aryl methyl sites for hydroxylation is 1. The molecule has 2 rings (SSSR count). The van der Waals surface area contributed by atoms with Gasteiger partial charge < -0.3 is 5.32 Å². The van der Waals surface area contributed by atoms with Crippen molar-refractivity contribution in [3.8, 4) is 0 Å². The minimum absolute atomic E-state index is 0.148. The van der Waals surface area contributed by atoms with Gasteiger partial charge in [0.2, 0.25) is 0 Å². The highest BCUT2D eigenvalue weighted by Gasteiger charge is 2.17. The maximum absolute atomic E-state index is 4.66. The molecule has 18 heavy (non-hydrogen) atoms. The van der Waals surface area contributed by atoms with E-state index >= 15 is 0 Å². The second-order valence-corrected chi connectivity index (χ2v) is 7.18. The number of nitrogens with zero attached hydrogens (tertiary/aromatic N) is 2. The first-order chi connectivity index (χ1) is 8.45. The Hall–Kier alpha value is -0.780. The molecule has 0 unspecified atom stereocenters. The lowest BCUT2D eigenvalue weighted by Crippen LogP contribution is -2.14. The fourth-order valence-electron chi connectivity index (χ4n) is 1.51. The lowest BCUT2D eigenvalue weighted by atomic mass is 9.98. The van der Waals surface area contributed by atoms with Crippen molar-refractivity contribution in [3.05, 3.63) is 32.2 Å². The standard InChI is InChI=1S/C13H19N3S2/c1-9-7-17-11(15-9)6-14-5-10-8-18-12(16-10)13(2,3)4/h7-8,14H,5-6H2,1-4H3. The van der Waals surface area contributed by atoms with Crippen molar-refractivity contribution >= 4 is 22.7 Å². The number of rotatable bonds is 4. The molecule has 0 saturated carbocycles. The summed E-state index contributed by atoms with van der Waals surface area (Å²) in [6.45, 7) is 10.2. The van der Waals surface area contributed by atoms with E-state index in [0.29, 0.717) is 0 Å². The molecule has 2 heterocycles. The lowest BCUT2D eigenvalue weighted by Gasteiger charge is -2.13. The number of aromatic nitrogens is 2. The fraction of sp³-hybridized carbons (Fsp3) is 0.538. The van der Waals surface area contributed by atoms with Gasteiger partial charge in [0, 0.05) is 35.0 Å². The molecule has 98 valence electrons. The number of hydrogen-bond donors (Lipinski definition) is 1. The Morgan fingerprint density at radius 1 is 1.11 bits per heavy atom. The molecule has 0 fully saturated rings. The van der Waals surface area contributed by atoms with E-state index in [1.54, 1.807) is 22.7 Å². The molecule has 0 saturated heterocycles. The quantitative estimate of drug-likeness (QED) is 0.932. The van der Waals surface area contributed by atoms with Gasteiger partial charge in [0.1, 0.15) is 5.01 Å². The molecule has 0 aliphatic rings. The summed E-state index contributed by atoms with van der Waals surface area (Å²) < 4.78 is 0. The first-order valence-electron chi connectivity index (χ1n) is 6.02. The van der Waals surface area contributed by atoms with Gasteiger partial charge in [0.05, 0.1) is 10.7 Å². The van der Waals surface area contributed by atoms with Gasteiger partial charge in [-0.1, -0.05) is 20.8 Å². The lowest BCUT2D eigenvalue weighted by molar-refractivity contribution is 0.579. The van der Waals surface area contributed by atoms with E-state index in [0.717, 1.165) is 29.5 Å². The van der Waals surface area contributed by atoms with Crippen LogP contribution in [0.1, 0.15) is 42.2 Å². The van der Waals surface area contributed by atoms with Crippen molar-refractivity contribution in [2.75, 3.05) is 0 Å². The summed E-state index contributed by atoms with van der Waals surface area (Å²) in [4.78, 5) is 9.08. The van der Waals surface area contributed by atoms with Crippen LogP contribution in [0.4, 0.5) is 0 Å². The van der Waals surface area contributed by atoms with E-state index in [9.17, 15) is 0 Å². The van der Waals surface area contributed by atoms with Crippen LogP contribution in [0.5, 0.6) is 0 Å². The first-order valence-corrected chi connectivity index (χ1v) is 7.77. The molecule has 0 amide bonds. The second kappa shape index (κ2) is 5.47. The van der Waals surface area contributed by atoms with Gasteiger partial charge in [0.25, 0.3) is 0 Å². The maximum atomic E-state index is 4.66. The van der Waals surface area contributed by atoms with Crippen LogP contribution in [0.2, 0.25) is 0 Å². The predicted molar refractivity (Wildman–Crippen MR) is 78.2 cm³/mol. The van der Waals surface area contributed by atoms with Crippen LogP contribution in [0.15, 0.2) is 10.8 Å². The van der Waals surface area contributed by atoms with Crippen LogP contribution in [0.3, 0.4) is 0 Å². The molecule has 2 aromatic heterocycles. The monoisotopic (exact) mass is 281 g/mol. The smallest absolute Gasteiger partial charge is 0.107 e. The summed E-state index contributed by atoms with van der Waals surface area (Å²) in [5.41, 5.74) is 2.37. The van der Waals surface area contributed by atoms with E-state index in [4.69, 9.17) is 0 Å². The zero-order valence-corrected chi connectivity index (χ0v) is 12.9. The molecule has 0 atom stereocenters. The largest absolute Gasteiger partial charge is 0.305 e. The Balaban J connectivity index is 1.85. The molecule has 0 aromatic carbocycles. The Kier molecular flexibility index (Phi) is 4.14. The summed E-state index contributed by atoms with van der Waals surface area (Å²) in [6.07, 6.45) is 0. The molecule has 0 aliphatic heterocycles. The van der Waals surface area contributed by atoms with E-state index in [-0.39, 0.29) is 5.41 Å². The number of nitrogens with one attached hydrogen (secondary N) is 1. The van der Waals surface area contributed by atoms with Crippen LogP contribution in [0, 0.1) is 6.92 Å². The summed E-state index contributed by atoms with van der Waals surface area (Å²) in [5, 5.41) is 9.94. The van der Waals surface area contributed by atoms with Crippen molar-refractivity contribution in [3.63, 3.8) is 0 Å². The van der Waals surface area contributed by atoms with Gasteiger partial charge in [-0.3, -0.25) is 0 Å². The molecule has 2 aromatic rings. The van der Waals surface area contributed by atoms with E-state index in [2.05, 4.69) is 46.8 Å². The van der Waals surface area contributed by atoms with Crippen molar-refractivity contribution in [1.82, 2.24) is 15.3 Å². The van der Waals surface area contributed by atoms with Crippen molar-refractivity contribution < 1.29 is 0 Å². The topological polar surface area (TPSA) is 37.8 Å². The van der Waals surface area contributed by atoms with Gasteiger partial charge in [-0.05, 0) is 6.92 Å². The van der Waals surface area contributed by atoms with E-state index in [1.165, 1.54) is 5.01 Å². The van der Waals surface area contributed by atoms with E-state index in [1.807, 2.05) is 6.92 Å². The van der Waals surface area contributed by atoms with Gasteiger partial charge in [-0.25, -0.2) is 9.97 Å². The maximum Gasteiger partial charge on any atom is 0.107 e. The molecule has 1 N–H and O–H groups in total. The SMILES string of the molecule is Cc1csc(CNCc2csc(C(C)(C)C)n2)n1. The highest BCUT2D eigenvalue weighted by molar-refractivity contribution is 7.10. The Labute approximate surface area is 116 Å². The Bertz CT molecular complexity index is 508. The third-order valence-electron chi connectivity index (χ3n) is 2.44. The second-order valence-electron chi connectivity index (χ2n) is 5.38. The predicted octanol–water partition coefficient (Wildman–Crippen LogP) is 3.50. The van der Waals surface area contributed by atoms with Gasteiger partial charge in [0.15, 0.2) is 0 Å². The molecule has 5 heteroatoms. The molecule has 0 radical (unpaired) electrons. The normalized spacial score (nSPS) is 12.0. The molecule has 0 bridgehead atoms. The number of hydrogen-bond acceptors (Lipinski definition) is 5. The van der Waals surface area contributed by atoms with E-state index < -0.39 is 0 Å². The zero-order chi connectivity index (χ0) is 13.2.